The Hall–Kier alpha value is -0.855. The van der Waals surface area contributed by atoms with E-state index in [0.717, 1.165) is 0 Å². The van der Waals surface area contributed by atoms with E-state index in [-0.39, 0.29) is 0 Å². The van der Waals surface area contributed by atoms with E-state index in [2.05, 4.69) is 68.4 Å². The summed E-state index contributed by atoms with van der Waals surface area (Å²) >= 11 is 0. The van der Waals surface area contributed by atoms with E-state index in [1.165, 1.54) is 0 Å². The molecule has 1 aromatic rings. The first-order valence-electron chi connectivity index (χ1n) is 5.38. The Kier molecular flexibility index (Phi) is 3.67. The highest BCUT2D eigenvalue weighted by Gasteiger charge is 2.06. The number of rotatable bonds is 3. The van der Waals surface area contributed by atoms with Gasteiger partial charge in [-0.3, -0.25) is 0 Å². The molecule has 0 bridgehead atoms. The molecule has 0 saturated carbocycles. The van der Waals surface area contributed by atoms with Crippen LogP contribution in [0.1, 0.15) is 27.7 Å². The average molecular weight is 192 g/mol. The van der Waals surface area contributed by atoms with Crippen LogP contribution in [0.4, 0.5) is 0 Å². The molecular weight excluding hydrogens is 171 g/mol. The van der Waals surface area contributed by atoms with Crippen molar-refractivity contribution in [2.75, 3.05) is 4.81 Å². The van der Waals surface area contributed by atoms with E-state index in [1.807, 2.05) is 0 Å². The third kappa shape index (κ3) is 2.57. The van der Waals surface area contributed by atoms with Gasteiger partial charge in [-0.15, -0.1) is 0 Å². The van der Waals surface area contributed by atoms with Gasteiger partial charge in [-0.2, -0.15) is 0 Å². The summed E-state index contributed by atoms with van der Waals surface area (Å²) in [5.41, 5.74) is 0. The van der Waals surface area contributed by atoms with Gasteiger partial charge in [0.2, 0.25) is 0 Å². The van der Waals surface area contributed by atoms with Crippen LogP contribution in [0.15, 0.2) is 24.3 Å². The first-order chi connectivity index (χ1) is 6.52. The number of nitrogens with zero attached hydrogens (tertiary/aromatic N) is 2. The van der Waals surface area contributed by atoms with Gasteiger partial charge in [0, 0.05) is 6.48 Å². The smallest absolute Gasteiger partial charge is 0.161 e. The number of hydrogen-bond donors (Lipinski definition) is 0. The molecule has 0 aliphatic rings. The largest absolute Gasteiger partial charge is 0.572 e. The highest BCUT2D eigenvalue weighted by molar-refractivity contribution is 6.52. The Morgan fingerprint density at radius 2 is 1.71 bits per heavy atom. The maximum atomic E-state index is 2.50. The molecule has 2 nitrogen and oxygen atoms in total. The first-order valence-corrected chi connectivity index (χ1v) is 5.38. The van der Waals surface area contributed by atoms with Crippen LogP contribution in [0.5, 0.6) is 0 Å². The minimum absolute atomic E-state index is 0.435. The van der Waals surface area contributed by atoms with Crippen molar-refractivity contribution >= 4 is 6.48 Å². The summed E-state index contributed by atoms with van der Waals surface area (Å²) in [6, 6.07) is 3.28. The number of hydrogen-bond acceptors (Lipinski definition) is 1. The normalized spacial score (nSPS) is 11.1. The molecule has 0 unspecified atom stereocenters. The zero-order valence-electron chi connectivity index (χ0n) is 9.94. The van der Waals surface area contributed by atoms with Crippen LogP contribution in [0.3, 0.4) is 0 Å². The molecule has 14 heavy (non-hydrogen) atoms. The van der Waals surface area contributed by atoms with Crippen LogP contribution < -0.4 is 9.38 Å². The van der Waals surface area contributed by atoms with Gasteiger partial charge in [-0.1, -0.05) is 0 Å². The summed E-state index contributed by atoms with van der Waals surface area (Å²) < 4.78 is 2.13. The Labute approximate surface area is 87.6 Å². The molecule has 0 spiro atoms. The molecule has 1 rings (SSSR count). The van der Waals surface area contributed by atoms with Gasteiger partial charge < -0.3 is 4.81 Å². The molecule has 0 aromatic carbocycles. The Bertz CT molecular complexity index is 289. The van der Waals surface area contributed by atoms with Crippen LogP contribution in [0.25, 0.3) is 0 Å². The third-order valence-corrected chi connectivity index (χ3v) is 2.55. The third-order valence-electron chi connectivity index (χ3n) is 2.55. The fraction of sp³-hybridized carbons (Fsp3) is 0.636. The van der Waals surface area contributed by atoms with Crippen molar-refractivity contribution in [3.05, 3.63) is 24.3 Å². The van der Waals surface area contributed by atoms with Crippen molar-refractivity contribution in [1.82, 2.24) is 0 Å². The van der Waals surface area contributed by atoms with Gasteiger partial charge >= 0.3 is 0 Å². The molecule has 0 fully saturated rings. The van der Waals surface area contributed by atoms with Crippen molar-refractivity contribution in [2.24, 2.45) is 7.05 Å². The van der Waals surface area contributed by atoms with Gasteiger partial charge in [0.05, 0.1) is 0 Å². The van der Waals surface area contributed by atoms with Crippen LogP contribution >= 0.6 is 0 Å². The summed E-state index contributed by atoms with van der Waals surface area (Å²) in [6.45, 7) is 9.44. The number of aromatic nitrogens is 1. The second kappa shape index (κ2) is 4.58. The summed E-state index contributed by atoms with van der Waals surface area (Å²) in [5, 5.41) is 0. The van der Waals surface area contributed by atoms with E-state index in [0.29, 0.717) is 18.6 Å². The van der Waals surface area contributed by atoms with Gasteiger partial charge in [0.25, 0.3) is 0 Å². The monoisotopic (exact) mass is 192 g/mol. The Morgan fingerprint density at radius 3 is 2.14 bits per heavy atom. The van der Waals surface area contributed by atoms with E-state index < -0.39 is 0 Å². The van der Waals surface area contributed by atoms with Crippen LogP contribution in [0.2, 0.25) is 0 Å². The molecule has 0 aliphatic carbocycles. The lowest BCUT2D eigenvalue weighted by molar-refractivity contribution is -0.669. The lowest BCUT2D eigenvalue weighted by Gasteiger charge is -2.42. The maximum Gasteiger partial charge on any atom is 0.161 e. The summed E-state index contributed by atoms with van der Waals surface area (Å²) in [4.78, 5) is 2.50. The van der Waals surface area contributed by atoms with E-state index in [9.17, 15) is 0 Å². The van der Waals surface area contributed by atoms with Crippen LogP contribution in [-0.4, -0.2) is 18.6 Å². The molecule has 78 valence electrons. The summed E-state index contributed by atoms with van der Waals surface area (Å²) in [7, 11) is 2.08. The van der Waals surface area contributed by atoms with Crippen LogP contribution in [-0.2, 0) is 7.05 Å². The molecule has 0 aliphatic heterocycles. The SMILES string of the molecule is CC(C)N([b-]1ccc[n+](C)c1)C(C)C. The van der Waals surface area contributed by atoms with Crippen molar-refractivity contribution in [2.45, 2.75) is 39.8 Å². The highest BCUT2D eigenvalue weighted by Crippen LogP contribution is 2.02. The molecule has 0 saturated heterocycles. The van der Waals surface area contributed by atoms with Crippen molar-refractivity contribution in [3.8, 4) is 0 Å². The van der Waals surface area contributed by atoms with Gasteiger partial charge in [0.15, 0.2) is 6.20 Å². The van der Waals surface area contributed by atoms with E-state index >= 15 is 0 Å². The molecule has 0 atom stereocenters. The quantitative estimate of drug-likeness (QED) is 0.654. The lowest BCUT2D eigenvalue weighted by atomic mass is 9.77. The fourth-order valence-electron chi connectivity index (χ4n) is 2.10. The molecule has 0 radical (unpaired) electrons. The summed E-state index contributed by atoms with van der Waals surface area (Å²) in [6.07, 6.45) is 4.33. The summed E-state index contributed by atoms with van der Waals surface area (Å²) in [5.74, 6) is 2.25. The second-order valence-corrected chi connectivity index (χ2v) is 4.47. The minimum atomic E-state index is 0.435. The zero-order valence-corrected chi connectivity index (χ0v) is 9.94. The van der Waals surface area contributed by atoms with E-state index in [4.69, 9.17) is 0 Å². The molecule has 0 amide bonds. The van der Waals surface area contributed by atoms with Gasteiger partial charge in [-0.05, 0) is 51.9 Å². The predicted octanol–water partition coefficient (Wildman–Crippen LogP) is 1.29. The molecule has 1 heterocycles. The Balaban J connectivity index is 2.99. The molecule has 1 aromatic heterocycles. The lowest BCUT2D eigenvalue weighted by Crippen LogP contribution is -2.49. The second-order valence-electron chi connectivity index (χ2n) is 4.47. The van der Waals surface area contributed by atoms with Crippen LogP contribution in [0, 0.1) is 0 Å². The zero-order chi connectivity index (χ0) is 10.7. The van der Waals surface area contributed by atoms with Crippen molar-refractivity contribution in [1.29, 1.82) is 0 Å². The maximum absolute atomic E-state index is 2.50. The average Bonchev–Trinajstić information content (AvgIpc) is 2.02. The fourth-order valence-corrected chi connectivity index (χ4v) is 2.10. The molecular formula is C11H21BN2. The van der Waals surface area contributed by atoms with Gasteiger partial charge in [0.1, 0.15) is 7.05 Å². The molecule has 3 heteroatoms. The molecule has 0 N–H and O–H groups in total. The predicted molar refractivity (Wildman–Crippen MR) is 62.1 cm³/mol. The topological polar surface area (TPSA) is 7.12 Å². The van der Waals surface area contributed by atoms with E-state index in [1.54, 1.807) is 0 Å². The number of aryl methyl sites for hydroxylation is 1. The highest BCUT2D eigenvalue weighted by atomic mass is 15.1. The van der Waals surface area contributed by atoms with Crippen molar-refractivity contribution in [3.63, 3.8) is 0 Å². The van der Waals surface area contributed by atoms with Crippen molar-refractivity contribution < 1.29 is 4.57 Å². The van der Waals surface area contributed by atoms with Gasteiger partial charge in [-0.25, -0.2) is 10.5 Å². The first kappa shape index (κ1) is 11.2. The standard InChI is InChI=1S/C11H21BN2/c1-10(2)14(11(3)4)12-7-6-8-13(5)9-12/h6-11H,1-5H3. The minimum Gasteiger partial charge on any atom is -0.572 e. The Morgan fingerprint density at radius 1 is 1.14 bits per heavy atom.